The number of aromatic nitrogens is 1. The summed E-state index contributed by atoms with van der Waals surface area (Å²) in [5.74, 6) is 0.830. The molecule has 1 N–H and O–H groups in total. The summed E-state index contributed by atoms with van der Waals surface area (Å²) in [6.45, 7) is -0.141. The van der Waals surface area contributed by atoms with Gasteiger partial charge in [-0.1, -0.05) is 23.7 Å². The van der Waals surface area contributed by atoms with Crippen LogP contribution >= 0.6 is 11.6 Å². The SMILES string of the molecule is COc1ccc(NC(=O)COc2ccccc2Cl)c2cccnc12. The lowest BCUT2D eigenvalue weighted by molar-refractivity contribution is -0.118. The van der Waals surface area contributed by atoms with Gasteiger partial charge < -0.3 is 14.8 Å². The summed E-state index contributed by atoms with van der Waals surface area (Å²) in [6, 6.07) is 14.2. The number of pyridine rings is 1. The Balaban J connectivity index is 1.75. The lowest BCUT2D eigenvalue weighted by Crippen LogP contribution is -2.20. The van der Waals surface area contributed by atoms with Crippen LogP contribution in [-0.2, 0) is 4.79 Å². The van der Waals surface area contributed by atoms with Crippen molar-refractivity contribution in [2.24, 2.45) is 0 Å². The fraction of sp³-hybridized carbons (Fsp3) is 0.111. The van der Waals surface area contributed by atoms with Gasteiger partial charge in [-0.3, -0.25) is 9.78 Å². The highest BCUT2D eigenvalue weighted by Gasteiger charge is 2.11. The standard InChI is InChI=1S/C18H15ClN2O3/c1-23-16-9-8-14(12-5-4-10-20-18(12)16)21-17(22)11-24-15-7-3-2-6-13(15)19/h2-10H,11H2,1H3,(H,21,22). The quantitative estimate of drug-likeness (QED) is 0.763. The molecule has 3 aromatic rings. The normalized spacial score (nSPS) is 10.4. The largest absolute Gasteiger partial charge is 0.494 e. The third-order valence-corrected chi connectivity index (χ3v) is 3.73. The van der Waals surface area contributed by atoms with Crippen molar-refractivity contribution in [1.82, 2.24) is 4.98 Å². The minimum absolute atomic E-state index is 0.141. The molecule has 0 aliphatic heterocycles. The van der Waals surface area contributed by atoms with Gasteiger partial charge >= 0.3 is 0 Å². The first-order valence-corrected chi connectivity index (χ1v) is 7.65. The number of carbonyl (C=O) groups excluding carboxylic acids is 1. The Morgan fingerprint density at radius 3 is 2.75 bits per heavy atom. The number of rotatable bonds is 5. The fourth-order valence-corrected chi connectivity index (χ4v) is 2.50. The van der Waals surface area contributed by atoms with Gasteiger partial charge in [0, 0.05) is 11.6 Å². The zero-order valence-electron chi connectivity index (χ0n) is 13.0. The van der Waals surface area contributed by atoms with E-state index in [-0.39, 0.29) is 12.5 Å². The number of amides is 1. The summed E-state index contributed by atoms with van der Waals surface area (Å²) in [5, 5.41) is 4.08. The van der Waals surface area contributed by atoms with Crippen molar-refractivity contribution in [3.63, 3.8) is 0 Å². The molecule has 1 aromatic heterocycles. The lowest BCUT2D eigenvalue weighted by atomic mass is 10.1. The van der Waals surface area contributed by atoms with Crippen LogP contribution in [0.15, 0.2) is 54.7 Å². The Kier molecular flexibility index (Phi) is 4.82. The first-order valence-electron chi connectivity index (χ1n) is 7.28. The van der Waals surface area contributed by atoms with Crippen LogP contribution in [0.5, 0.6) is 11.5 Å². The molecule has 0 saturated heterocycles. The molecule has 6 heteroatoms. The summed E-state index contributed by atoms with van der Waals surface area (Å²) >= 11 is 6.00. The topological polar surface area (TPSA) is 60.5 Å². The molecule has 0 spiro atoms. The van der Waals surface area contributed by atoms with E-state index in [0.29, 0.717) is 27.7 Å². The molecular formula is C18H15ClN2O3. The molecule has 0 fully saturated rings. The molecule has 3 rings (SSSR count). The monoisotopic (exact) mass is 342 g/mol. The lowest BCUT2D eigenvalue weighted by Gasteiger charge is -2.12. The molecule has 5 nitrogen and oxygen atoms in total. The van der Waals surface area contributed by atoms with E-state index in [1.165, 1.54) is 0 Å². The van der Waals surface area contributed by atoms with E-state index in [1.54, 1.807) is 55.8 Å². The molecule has 0 radical (unpaired) electrons. The van der Waals surface area contributed by atoms with Crippen molar-refractivity contribution in [1.29, 1.82) is 0 Å². The number of ether oxygens (including phenoxy) is 2. The van der Waals surface area contributed by atoms with Crippen LogP contribution in [0.3, 0.4) is 0 Å². The van der Waals surface area contributed by atoms with Gasteiger partial charge in [-0.15, -0.1) is 0 Å². The third-order valence-electron chi connectivity index (χ3n) is 3.42. The number of para-hydroxylation sites is 1. The second-order valence-electron chi connectivity index (χ2n) is 4.98. The first kappa shape index (κ1) is 16.1. The Labute approximate surface area is 144 Å². The second-order valence-corrected chi connectivity index (χ2v) is 5.39. The van der Waals surface area contributed by atoms with Crippen molar-refractivity contribution in [3.8, 4) is 11.5 Å². The Bertz CT molecular complexity index is 883. The molecule has 1 heterocycles. The van der Waals surface area contributed by atoms with E-state index in [1.807, 2.05) is 6.07 Å². The maximum atomic E-state index is 12.2. The molecule has 0 aliphatic carbocycles. The number of halogens is 1. The number of fused-ring (bicyclic) bond motifs is 1. The average Bonchev–Trinajstić information content (AvgIpc) is 2.61. The van der Waals surface area contributed by atoms with Gasteiger partial charge in [0.15, 0.2) is 6.61 Å². The predicted octanol–water partition coefficient (Wildman–Crippen LogP) is 3.91. The molecule has 0 aliphatic rings. The molecule has 1 amide bonds. The molecular weight excluding hydrogens is 328 g/mol. The predicted molar refractivity (Wildman–Crippen MR) is 93.9 cm³/mol. The van der Waals surface area contributed by atoms with Crippen molar-refractivity contribution in [2.45, 2.75) is 0 Å². The van der Waals surface area contributed by atoms with Crippen LogP contribution < -0.4 is 14.8 Å². The van der Waals surface area contributed by atoms with Crippen LogP contribution in [0.25, 0.3) is 10.9 Å². The van der Waals surface area contributed by atoms with Crippen molar-refractivity contribution < 1.29 is 14.3 Å². The average molecular weight is 343 g/mol. The Hall–Kier alpha value is -2.79. The molecule has 0 unspecified atom stereocenters. The highest BCUT2D eigenvalue weighted by atomic mass is 35.5. The van der Waals surface area contributed by atoms with Crippen LogP contribution in [0, 0.1) is 0 Å². The number of carbonyl (C=O) groups is 1. The molecule has 122 valence electrons. The summed E-state index contributed by atoms with van der Waals surface area (Å²) in [4.78, 5) is 16.5. The number of hydrogen-bond acceptors (Lipinski definition) is 4. The van der Waals surface area contributed by atoms with Crippen LogP contribution in [-0.4, -0.2) is 24.6 Å². The van der Waals surface area contributed by atoms with Crippen LogP contribution in [0.2, 0.25) is 5.02 Å². The number of nitrogens with one attached hydrogen (secondary N) is 1. The van der Waals surface area contributed by atoms with Gasteiger partial charge in [0.25, 0.3) is 5.91 Å². The smallest absolute Gasteiger partial charge is 0.262 e. The minimum atomic E-state index is -0.287. The zero-order chi connectivity index (χ0) is 16.9. The van der Waals surface area contributed by atoms with E-state index < -0.39 is 0 Å². The first-order chi connectivity index (χ1) is 11.7. The third kappa shape index (κ3) is 3.41. The van der Waals surface area contributed by atoms with Crippen molar-refractivity contribution in [2.75, 3.05) is 19.0 Å². The highest BCUT2D eigenvalue weighted by Crippen LogP contribution is 2.29. The van der Waals surface area contributed by atoms with Gasteiger partial charge in [-0.25, -0.2) is 0 Å². The number of anilines is 1. The van der Waals surface area contributed by atoms with E-state index in [0.717, 1.165) is 5.39 Å². The number of hydrogen-bond donors (Lipinski definition) is 1. The summed E-state index contributed by atoms with van der Waals surface area (Å²) in [6.07, 6.45) is 1.68. The Morgan fingerprint density at radius 1 is 1.12 bits per heavy atom. The van der Waals surface area contributed by atoms with Crippen LogP contribution in [0.4, 0.5) is 5.69 Å². The van der Waals surface area contributed by atoms with E-state index >= 15 is 0 Å². The molecule has 0 saturated carbocycles. The second kappa shape index (κ2) is 7.19. The molecule has 0 atom stereocenters. The number of nitrogens with zero attached hydrogens (tertiary/aromatic N) is 1. The molecule has 0 bridgehead atoms. The van der Waals surface area contributed by atoms with Crippen molar-refractivity contribution >= 4 is 34.1 Å². The van der Waals surface area contributed by atoms with Gasteiger partial charge in [0.1, 0.15) is 17.0 Å². The van der Waals surface area contributed by atoms with E-state index in [2.05, 4.69) is 10.3 Å². The zero-order valence-corrected chi connectivity index (χ0v) is 13.7. The maximum Gasteiger partial charge on any atom is 0.262 e. The molecule has 2 aromatic carbocycles. The van der Waals surface area contributed by atoms with Crippen molar-refractivity contribution in [3.05, 3.63) is 59.8 Å². The highest BCUT2D eigenvalue weighted by molar-refractivity contribution is 6.32. The summed E-state index contributed by atoms with van der Waals surface area (Å²) in [5.41, 5.74) is 1.33. The summed E-state index contributed by atoms with van der Waals surface area (Å²) in [7, 11) is 1.58. The maximum absolute atomic E-state index is 12.2. The van der Waals surface area contributed by atoms with Gasteiger partial charge in [-0.05, 0) is 36.4 Å². The number of benzene rings is 2. The van der Waals surface area contributed by atoms with Gasteiger partial charge in [0.2, 0.25) is 0 Å². The minimum Gasteiger partial charge on any atom is -0.494 e. The Morgan fingerprint density at radius 2 is 1.96 bits per heavy atom. The number of methoxy groups -OCH3 is 1. The van der Waals surface area contributed by atoms with E-state index in [9.17, 15) is 4.79 Å². The van der Waals surface area contributed by atoms with Crippen LogP contribution in [0.1, 0.15) is 0 Å². The van der Waals surface area contributed by atoms with Gasteiger partial charge in [-0.2, -0.15) is 0 Å². The summed E-state index contributed by atoms with van der Waals surface area (Å²) < 4.78 is 10.7. The fourth-order valence-electron chi connectivity index (χ4n) is 2.31. The van der Waals surface area contributed by atoms with E-state index in [4.69, 9.17) is 21.1 Å². The molecule has 24 heavy (non-hydrogen) atoms. The van der Waals surface area contributed by atoms with Gasteiger partial charge in [0.05, 0.1) is 17.8 Å².